The van der Waals surface area contributed by atoms with E-state index in [1.54, 1.807) is 0 Å². The lowest BCUT2D eigenvalue weighted by molar-refractivity contribution is 0.128. The average Bonchev–Trinajstić information content (AvgIpc) is 2.45. The summed E-state index contributed by atoms with van der Waals surface area (Å²) < 4.78 is 5.27. The van der Waals surface area contributed by atoms with Crippen molar-refractivity contribution in [1.29, 1.82) is 0 Å². The summed E-state index contributed by atoms with van der Waals surface area (Å²) in [5, 5.41) is 0. The SMILES string of the molecule is O=C=C1C[C@H]2C=C[C@@H]1O2. The Labute approximate surface area is 52.8 Å². The maximum absolute atomic E-state index is 10.1. The minimum atomic E-state index is -0.0347. The summed E-state index contributed by atoms with van der Waals surface area (Å²) in [6, 6.07) is 0. The van der Waals surface area contributed by atoms with Crippen LogP contribution >= 0.6 is 0 Å². The Kier molecular flexibility index (Phi) is 0.865. The largest absolute Gasteiger partial charge is 0.361 e. The summed E-state index contributed by atoms with van der Waals surface area (Å²) in [4.78, 5) is 10.1. The van der Waals surface area contributed by atoms with Crippen molar-refractivity contribution in [3.63, 3.8) is 0 Å². The highest BCUT2D eigenvalue weighted by atomic mass is 16.5. The topological polar surface area (TPSA) is 26.3 Å². The highest BCUT2D eigenvalue weighted by molar-refractivity contribution is 5.57. The first-order chi connectivity index (χ1) is 4.40. The molecule has 46 valence electrons. The van der Waals surface area contributed by atoms with Crippen LogP contribution in [0.1, 0.15) is 6.42 Å². The lowest BCUT2D eigenvalue weighted by Gasteiger charge is -1.95. The van der Waals surface area contributed by atoms with Crippen molar-refractivity contribution in [3.8, 4) is 0 Å². The number of hydrogen-bond acceptors (Lipinski definition) is 2. The zero-order chi connectivity index (χ0) is 6.27. The van der Waals surface area contributed by atoms with Crippen molar-refractivity contribution >= 4 is 5.94 Å². The van der Waals surface area contributed by atoms with Crippen LogP contribution in [0.2, 0.25) is 0 Å². The Balaban J connectivity index is 2.39. The third-order valence-electron chi connectivity index (χ3n) is 1.72. The molecule has 2 heterocycles. The van der Waals surface area contributed by atoms with Crippen molar-refractivity contribution < 1.29 is 9.53 Å². The minimum Gasteiger partial charge on any atom is -0.361 e. The maximum atomic E-state index is 10.1. The van der Waals surface area contributed by atoms with Gasteiger partial charge in [0, 0.05) is 12.0 Å². The zero-order valence-corrected chi connectivity index (χ0v) is 4.83. The first kappa shape index (κ1) is 4.98. The van der Waals surface area contributed by atoms with Crippen LogP contribution in [0.25, 0.3) is 0 Å². The van der Waals surface area contributed by atoms with Crippen LogP contribution in [0.3, 0.4) is 0 Å². The molecule has 1 saturated heterocycles. The number of ether oxygens (including phenoxy) is 1. The standard InChI is InChI=1S/C7H6O2/c8-4-5-3-6-1-2-7(5)9-6/h1-2,6-7H,3H2/t6-,7+/m1/s1. The van der Waals surface area contributed by atoms with E-state index in [0.29, 0.717) is 0 Å². The van der Waals surface area contributed by atoms with Crippen LogP contribution in [0, 0.1) is 0 Å². The van der Waals surface area contributed by atoms with Gasteiger partial charge in [-0.1, -0.05) is 12.2 Å². The molecule has 0 N–H and O–H groups in total. The molecule has 0 aromatic heterocycles. The molecule has 9 heavy (non-hydrogen) atoms. The molecule has 0 aromatic carbocycles. The fraction of sp³-hybridized carbons (Fsp3) is 0.429. The molecule has 0 amide bonds. The van der Waals surface area contributed by atoms with Gasteiger partial charge in [0.05, 0.1) is 6.10 Å². The predicted molar refractivity (Wildman–Crippen MR) is 31.6 cm³/mol. The van der Waals surface area contributed by atoms with Gasteiger partial charge in [-0.3, -0.25) is 0 Å². The van der Waals surface area contributed by atoms with Crippen LogP contribution < -0.4 is 0 Å². The van der Waals surface area contributed by atoms with Gasteiger partial charge in [0.1, 0.15) is 12.0 Å². The molecule has 2 bridgehead atoms. The maximum Gasteiger partial charge on any atom is 0.126 e. The van der Waals surface area contributed by atoms with Gasteiger partial charge in [-0.05, 0) is 0 Å². The van der Waals surface area contributed by atoms with E-state index in [4.69, 9.17) is 4.74 Å². The highest BCUT2D eigenvalue weighted by Gasteiger charge is 2.32. The number of rotatable bonds is 0. The molecule has 0 spiro atoms. The van der Waals surface area contributed by atoms with Crippen LogP contribution in [0.15, 0.2) is 17.7 Å². The average molecular weight is 122 g/mol. The quantitative estimate of drug-likeness (QED) is 0.345. The summed E-state index contributed by atoms with van der Waals surface area (Å²) in [6.07, 6.45) is 4.80. The summed E-state index contributed by atoms with van der Waals surface area (Å²) >= 11 is 0. The fourth-order valence-electron chi connectivity index (χ4n) is 1.25. The molecule has 1 fully saturated rings. The molecule has 0 radical (unpaired) electrons. The van der Waals surface area contributed by atoms with E-state index in [2.05, 4.69) is 0 Å². The second-order valence-corrected chi connectivity index (χ2v) is 2.31. The second kappa shape index (κ2) is 1.56. The van der Waals surface area contributed by atoms with Gasteiger partial charge < -0.3 is 4.74 Å². The Morgan fingerprint density at radius 2 is 2.56 bits per heavy atom. The molecule has 0 saturated carbocycles. The molecule has 2 aliphatic rings. The number of carbonyl (C=O) groups excluding carboxylic acids is 1. The smallest absolute Gasteiger partial charge is 0.126 e. The van der Waals surface area contributed by atoms with Gasteiger partial charge in [-0.2, -0.15) is 0 Å². The van der Waals surface area contributed by atoms with Crippen molar-refractivity contribution in [2.24, 2.45) is 0 Å². The minimum absolute atomic E-state index is 0.0347. The normalized spacial score (nSPS) is 37.6. The first-order valence-corrected chi connectivity index (χ1v) is 2.98. The first-order valence-electron chi connectivity index (χ1n) is 2.98. The number of fused-ring (bicyclic) bond motifs is 2. The summed E-state index contributed by atoms with van der Waals surface area (Å²) in [6.45, 7) is 0. The lowest BCUT2D eigenvalue weighted by Crippen LogP contribution is -1.99. The summed E-state index contributed by atoms with van der Waals surface area (Å²) in [7, 11) is 0. The van der Waals surface area contributed by atoms with E-state index < -0.39 is 0 Å². The molecule has 2 nitrogen and oxygen atoms in total. The molecule has 0 aliphatic carbocycles. The lowest BCUT2D eigenvalue weighted by atomic mass is 10.0. The predicted octanol–water partition coefficient (Wildman–Crippen LogP) is 0.472. The molecular formula is C7H6O2. The van der Waals surface area contributed by atoms with Crippen LogP contribution in [-0.4, -0.2) is 18.1 Å². The Morgan fingerprint density at radius 1 is 1.67 bits per heavy atom. The van der Waals surface area contributed by atoms with Gasteiger partial charge in [-0.15, -0.1) is 0 Å². The molecule has 2 rings (SSSR count). The molecule has 0 unspecified atom stereocenters. The monoisotopic (exact) mass is 122 g/mol. The Morgan fingerprint density at radius 3 is 2.89 bits per heavy atom. The van der Waals surface area contributed by atoms with Gasteiger partial charge in [0.15, 0.2) is 0 Å². The van der Waals surface area contributed by atoms with Crippen LogP contribution in [0.4, 0.5) is 0 Å². The van der Waals surface area contributed by atoms with Gasteiger partial charge in [-0.25, -0.2) is 4.79 Å². The third-order valence-corrected chi connectivity index (χ3v) is 1.72. The van der Waals surface area contributed by atoms with E-state index >= 15 is 0 Å². The van der Waals surface area contributed by atoms with Crippen LogP contribution in [0.5, 0.6) is 0 Å². The summed E-state index contributed by atoms with van der Waals surface area (Å²) in [5.74, 6) is 1.89. The number of hydrogen-bond donors (Lipinski definition) is 0. The Bertz CT molecular complexity index is 211. The van der Waals surface area contributed by atoms with Crippen molar-refractivity contribution in [1.82, 2.24) is 0 Å². The zero-order valence-electron chi connectivity index (χ0n) is 4.83. The van der Waals surface area contributed by atoms with E-state index in [1.807, 2.05) is 18.1 Å². The molecule has 2 atom stereocenters. The van der Waals surface area contributed by atoms with E-state index in [9.17, 15) is 4.79 Å². The fourth-order valence-corrected chi connectivity index (χ4v) is 1.25. The molecular weight excluding hydrogens is 116 g/mol. The third kappa shape index (κ3) is 0.576. The van der Waals surface area contributed by atoms with Gasteiger partial charge in [0.25, 0.3) is 0 Å². The van der Waals surface area contributed by atoms with Gasteiger partial charge >= 0.3 is 0 Å². The van der Waals surface area contributed by atoms with Crippen LogP contribution in [-0.2, 0) is 9.53 Å². The molecule has 2 aliphatic heterocycles. The van der Waals surface area contributed by atoms with E-state index in [1.165, 1.54) is 0 Å². The van der Waals surface area contributed by atoms with Gasteiger partial charge in [0.2, 0.25) is 0 Å². The van der Waals surface area contributed by atoms with E-state index in [-0.39, 0.29) is 12.2 Å². The summed E-state index contributed by atoms with van der Waals surface area (Å²) in [5.41, 5.74) is 0.766. The van der Waals surface area contributed by atoms with Crippen molar-refractivity contribution in [2.45, 2.75) is 18.6 Å². The van der Waals surface area contributed by atoms with E-state index in [0.717, 1.165) is 12.0 Å². The second-order valence-electron chi connectivity index (χ2n) is 2.31. The highest BCUT2D eigenvalue weighted by Crippen LogP contribution is 2.30. The molecule has 2 heteroatoms. The Hall–Kier alpha value is -0.850. The molecule has 0 aromatic rings. The van der Waals surface area contributed by atoms with Crippen molar-refractivity contribution in [2.75, 3.05) is 0 Å². The van der Waals surface area contributed by atoms with Crippen molar-refractivity contribution in [3.05, 3.63) is 17.7 Å².